The summed E-state index contributed by atoms with van der Waals surface area (Å²) >= 11 is 0. The van der Waals surface area contributed by atoms with Gasteiger partial charge in [0.1, 0.15) is 0 Å². The van der Waals surface area contributed by atoms with Crippen molar-refractivity contribution in [2.24, 2.45) is 0 Å². The Bertz CT molecular complexity index is 357. The van der Waals surface area contributed by atoms with Gasteiger partial charge in [0.2, 0.25) is 0 Å². The van der Waals surface area contributed by atoms with E-state index in [0.717, 1.165) is 0 Å². The average molecular weight is 308 g/mol. The zero-order valence-corrected chi connectivity index (χ0v) is 16.1. The molecule has 3 nitrogen and oxygen atoms in total. The van der Waals surface area contributed by atoms with Crippen molar-refractivity contribution >= 4 is 0 Å². The molecule has 128 valence electrons. The van der Waals surface area contributed by atoms with Crippen LogP contribution in [0.2, 0.25) is 0 Å². The normalized spacial score (nSPS) is 20.2. The molecule has 0 N–H and O–H groups in total. The van der Waals surface area contributed by atoms with Gasteiger partial charge in [-0.3, -0.25) is 4.90 Å². The van der Waals surface area contributed by atoms with Gasteiger partial charge >= 0.3 is 0 Å². The van der Waals surface area contributed by atoms with Crippen LogP contribution in [0.5, 0.6) is 0 Å². The lowest BCUT2D eigenvalue weighted by Gasteiger charge is -2.32. The number of hydrogen-bond donors (Lipinski definition) is 0. The highest BCUT2D eigenvalue weighted by Gasteiger charge is 2.50. The van der Waals surface area contributed by atoms with E-state index in [0.29, 0.717) is 30.2 Å². The number of nitrogens with zero attached hydrogens (tertiary/aromatic N) is 3. The first-order chi connectivity index (χ1) is 10.3. The fourth-order valence-corrected chi connectivity index (χ4v) is 4.39. The molecule has 0 radical (unpaired) electrons. The summed E-state index contributed by atoms with van der Waals surface area (Å²) in [4.78, 5) is 8.01. The first kappa shape index (κ1) is 17.7. The highest BCUT2D eigenvalue weighted by molar-refractivity contribution is 5.46. The second-order valence-corrected chi connectivity index (χ2v) is 8.11. The summed E-state index contributed by atoms with van der Waals surface area (Å²) < 4.78 is 0. The zero-order valence-electron chi connectivity index (χ0n) is 16.1. The van der Waals surface area contributed by atoms with Gasteiger partial charge in [-0.15, -0.1) is 0 Å². The van der Waals surface area contributed by atoms with E-state index in [1.54, 1.807) is 11.4 Å². The summed E-state index contributed by atoms with van der Waals surface area (Å²) in [5.41, 5.74) is 3.21. The lowest BCUT2D eigenvalue weighted by Crippen LogP contribution is -2.39. The number of likely N-dealkylation sites (tertiary alicyclic amines) is 1. The van der Waals surface area contributed by atoms with Crippen LogP contribution in [0.4, 0.5) is 0 Å². The van der Waals surface area contributed by atoms with Gasteiger partial charge in [-0.25, -0.2) is 0 Å². The Morgan fingerprint density at radius 1 is 0.682 bits per heavy atom. The molecular weight excluding hydrogens is 270 g/mol. The maximum absolute atomic E-state index is 2.71. The van der Waals surface area contributed by atoms with E-state index in [2.05, 4.69) is 70.1 Å². The third kappa shape index (κ3) is 3.29. The molecule has 0 aromatic heterocycles. The van der Waals surface area contributed by atoms with E-state index in [4.69, 9.17) is 0 Å². The smallest absolute Gasteiger partial charge is 0.0940 e. The van der Waals surface area contributed by atoms with Gasteiger partial charge in [-0.2, -0.15) is 0 Å². The van der Waals surface area contributed by atoms with E-state index in [1.165, 1.54) is 25.9 Å². The van der Waals surface area contributed by atoms with Gasteiger partial charge in [-0.05, 0) is 81.3 Å². The predicted octanol–water partition coefficient (Wildman–Crippen LogP) is 3.91. The molecule has 1 heterocycles. The molecule has 0 atom stereocenters. The van der Waals surface area contributed by atoms with Gasteiger partial charge < -0.3 is 9.80 Å². The van der Waals surface area contributed by atoms with Crippen LogP contribution in [0.25, 0.3) is 0 Å². The van der Waals surface area contributed by atoms with Crippen LogP contribution < -0.4 is 0 Å². The number of rotatable bonds is 7. The first-order valence-electron chi connectivity index (χ1n) is 9.32. The lowest BCUT2D eigenvalue weighted by atomic mass is 10.2. The fourth-order valence-electron chi connectivity index (χ4n) is 4.39. The van der Waals surface area contributed by atoms with Gasteiger partial charge in [0.15, 0.2) is 0 Å². The predicted molar refractivity (Wildman–Crippen MR) is 95.8 cm³/mol. The molecule has 1 aliphatic heterocycles. The van der Waals surface area contributed by atoms with Gasteiger partial charge in [0.25, 0.3) is 0 Å². The summed E-state index contributed by atoms with van der Waals surface area (Å²) in [6.45, 7) is 21.2. The molecule has 0 saturated carbocycles. The third-order valence-electron chi connectivity index (χ3n) is 4.98. The van der Waals surface area contributed by atoms with E-state index < -0.39 is 0 Å². The third-order valence-corrected chi connectivity index (χ3v) is 4.98. The quantitative estimate of drug-likeness (QED) is 0.706. The molecule has 22 heavy (non-hydrogen) atoms. The molecule has 0 unspecified atom stereocenters. The van der Waals surface area contributed by atoms with Crippen molar-refractivity contribution in [3.05, 3.63) is 11.4 Å². The van der Waals surface area contributed by atoms with Crippen molar-refractivity contribution in [1.29, 1.82) is 0 Å². The van der Waals surface area contributed by atoms with Crippen molar-refractivity contribution in [2.45, 2.75) is 98.4 Å². The Balaban J connectivity index is 2.32. The Hall–Kier alpha value is -0.700. The van der Waals surface area contributed by atoms with Crippen molar-refractivity contribution < 1.29 is 0 Å². The van der Waals surface area contributed by atoms with Crippen molar-refractivity contribution in [2.75, 3.05) is 13.1 Å². The van der Waals surface area contributed by atoms with E-state index in [-0.39, 0.29) is 0 Å². The lowest BCUT2D eigenvalue weighted by molar-refractivity contribution is 0.205. The van der Waals surface area contributed by atoms with Crippen molar-refractivity contribution in [3.63, 3.8) is 0 Å². The highest BCUT2D eigenvalue weighted by Crippen LogP contribution is 2.45. The second-order valence-electron chi connectivity index (χ2n) is 8.11. The molecule has 1 fully saturated rings. The molecule has 0 aromatic rings. The SMILES string of the molecule is CC(C)N(C1=C(N(C(C)C)C(C)C)C1N1CCCC1)C(C)C. The Morgan fingerprint density at radius 2 is 1.00 bits per heavy atom. The second kappa shape index (κ2) is 6.82. The van der Waals surface area contributed by atoms with Gasteiger partial charge in [-0.1, -0.05) is 0 Å². The molecule has 3 heteroatoms. The Kier molecular flexibility index (Phi) is 5.47. The first-order valence-corrected chi connectivity index (χ1v) is 9.32. The molecule has 1 saturated heterocycles. The van der Waals surface area contributed by atoms with Crippen molar-refractivity contribution in [3.8, 4) is 0 Å². The maximum Gasteiger partial charge on any atom is 0.0940 e. The van der Waals surface area contributed by atoms with Crippen LogP contribution in [-0.4, -0.2) is 58.0 Å². The van der Waals surface area contributed by atoms with E-state index >= 15 is 0 Å². The molecular formula is C19H37N3. The van der Waals surface area contributed by atoms with Crippen LogP contribution in [0.15, 0.2) is 11.4 Å². The monoisotopic (exact) mass is 307 g/mol. The minimum Gasteiger partial charge on any atom is -0.367 e. The van der Waals surface area contributed by atoms with Crippen LogP contribution in [0, 0.1) is 0 Å². The zero-order chi connectivity index (χ0) is 16.6. The summed E-state index contributed by atoms with van der Waals surface area (Å²) in [6, 6.07) is 2.85. The maximum atomic E-state index is 2.71. The molecule has 0 aromatic carbocycles. The standard InChI is InChI=1S/C19H37N3/c1-13(2)21(14(3)4)18-17(20-11-9-10-12-20)19(18)22(15(5)6)16(7)8/h13-17H,9-12H2,1-8H3. The van der Waals surface area contributed by atoms with E-state index in [1.807, 2.05) is 0 Å². The van der Waals surface area contributed by atoms with Crippen molar-refractivity contribution in [1.82, 2.24) is 14.7 Å². The minimum absolute atomic E-state index is 0.568. The molecule has 0 spiro atoms. The van der Waals surface area contributed by atoms with Crippen LogP contribution in [-0.2, 0) is 0 Å². The molecule has 2 aliphatic rings. The Labute approximate surface area is 138 Å². The summed E-state index contributed by atoms with van der Waals surface area (Å²) in [5.74, 6) is 0. The molecule has 1 aliphatic carbocycles. The van der Waals surface area contributed by atoms with E-state index in [9.17, 15) is 0 Å². The fraction of sp³-hybridized carbons (Fsp3) is 0.895. The summed E-state index contributed by atoms with van der Waals surface area (Å²) in [5, 5.41) is 0. The van der Waals surface area contributed by atoms with Crippen LogP contribution in [0.1, 0.15) is 68.2 Å². The minimum atomic E-state index is 0.568. The topological polar surface area (TPSA) is 9.72 Å². The Morgan fingerprint density at radius 3 is 1.27 bits per heavy atom. The largest absolute Gasteiger partial charge is 0.367 e. The molecule has 0 amide bonds. The molecule has 0 bridgehead atoms. The van der Waals surface area contributed by atoms with Crippen LogP contribution in [0.3, 0.4) is 0 Å². The summed E-state index contributed by atoms with van der Waals surface area (Å²) in [7, 11) is 0. The summed E-state index contributed by atoms with van der Waals surface area (Å²) in [6.07, 6.45) is 2.73. The number of hydrogen-bond acceptors (Lipinski definition) is 3. The van der Waals surface area contributed by atoms with Gasteiger partial charge in [0, 0.05) is 24.2 Å². The average Bonchev–Trinajstić information content (AvgIpc) is 2.86. The van der Waals surface area contributed by atoms with Crippen LogP contribution >= 0.6 is 0 Å². The molecule has 2 rings (SSSR count). The highest BCUT2D eigenvalue weighted by atomic mass is 15.4. The van der Waals surface area contributed by atoms with Gasteiger partial charge in [0.05, 0.1) is 17.4 Å².